The highest BCUT2D eigenvalue weighted by molar-refractivity contribution is 9.10. The van der Waals surface area contributed by atoms with Crippen molar-refractivity contribution < 1.29 is 9.59 Å². The number of benzene rings is 1. The highest BCUT2D eigenvalue weighted by Gasteiger charge is 2.40. The van der Waals surface area contributed by atoms with E-state index in [0.29, 0.717) is 0 Å². The lowest BCUT2D eigenvalue weighted by molar-refractivity contribution is -0.125. The van der Waals surface area contributed by atoms with Gasteiger partial charge in [0.15, 0.2) is 0 Å². The van der Waals surface area contributed by atoms with E-state index in [-0.39, 0.29) is 11.8 Å². The number of nitrogens with one attached hydrogen (secondary N) is 1. The summed E-state index contributed by atoms with van der Waals surface area (Å²) in [4.78, 5) is 22.2. The zero-order chi connectivity index (χ0) is 10.1. The molecule has 0 spiro atoms. The summed E-state index contributed by atoms with van der Waals surface area (Å²) in [5, 5.41) is 2.29. The first-order chi connectivity index (χ1) is 6.70. The van der Waals surface area contributed by atoms with E-state index in [2.05, 4.69) is 21.2 Å². The summed E-state index contributed by atoms with van der Waals surface area (Å²) in [5.74, 6) is -0.893. The first-order valence-corrected chi connectivity index (χ1v) is 5.15. The van der Waals surface area contributed by atoms with E-state index < -0.39 is 10.7 Å². The maximum Gasteiger partial charge on any atom is 0.241 e. The van der Waals surface area contributed by atoms with Crippen LogP contribution in [0.25, 0.3) is 0 Å². The minimum Gasteiger partial charge on any atom is -0.295 e. The fourth-order valence-corrected chi connectivity index (χ4v) is 2.19. The molecule has 1 heterocycles. The molecule has 4 heteroatoms. The molecular weight excluding hydrogens is 246 g/mol. The summed E-state index contributed by atoms with van der Waals surface area (Å²) >= 11 is 3.21. The molecule has 2 rings (SSSR count). The van der Waals surface area contributed by atoms with Crippen LogP contribution in [0.2, 0.25) is 0 Å². The standard InChI is InChI=1S/C10H8BrNO2/c11-8-7(9(13)12-10(8)14)6-4-2-1-3-5-6/h1-5,7-8H,(H,12,13,14)/t7-,8-/m1/s1. The van der Waals surface area contributed by atoms with Crippen LogP contribution in [0.15, 0.2) is 30.3 Å². The van der Waals surface area contributed by atoms with Gasteiger partial charge in [0, 0.05) is 0 Å². The van der Waals surface area contributed by atoms with E-state index in [1.807, 2.05) is 30.3 Å². The molecule has 0 aromatic heterocycles. The van der Waals surface area contributed by atoms with Crippen LogP contribution < -0.4 is 5.32 Å². The summed E-state index contributed by atoms with van der Waals surface area (Å²) in [7, 11) is 0. The third kappa shape index (κ3) is 1.46. The van der Waals surface area contributed by atoms with Crippen LogP contribution in [0.5, 0.6) is 0 Å². The number of hydrogen-bond donors (Lipinski definition) is 1. The van der Waals surface area contributed by atoms with Gasteiger partial charge in [0.25, 0.3) is 0 Å². The molecule has 0 bridgehead atoms. The van der Waals surface area contributed by atoms with E-state index in [4.69, 9.17) is 0 Å². The van der Waals surface area contributed by atoms with Crippen molar-refractivity contribution in [2.75, 3.05) is 0 Å². The first kappa shape index (κ1) is 9.40. The minimum absolute atomic E-state index is 0.233. The minimum atomic E-state index is -0.447. The van der Waals surface area contributed by atoms with E-state index >= 15 is 0 Å². The Labute approximate surface area is 89.6 Å². The Hall–Kier alpha value is -1.16. The van der Waals surface area contributed by atoms with Crippen molar-refractivity contribution in [3.63, 3.8) is 0 Å². The second-order valence-corrected chi connectivity index (χ2v) is 4.13. The number of imide groups is 1. The molecule has 1 saturated heterocycles. The van der Waals surface area contributed by atoms with Gasteiger partial charge in [-0.05, 0) is 5.56 Å². The molecule has 0 radical (unpaired) electrons. The van der Waals surface area contributed by atoms with Crippen molar-refractivity contribution in [1.29, 1.82) is 0 Å². The number of halogens is 1. The topological polar surface area (TPSA) is 46.2 Å². The Morgan fingerprint density at radius 3 is 2.21 bits per heavy atom. The molecule has 1 aromatic rings. The summed E-state index contributed by atoms with van der Waals surface area (Å²) in [5.41, 5.74) is 0.859. The second-order valence-electron chi connectivity index (χ2n) is 3.14. The molecule has 0 saturated carbocycles. The van der Waals surface area contributed by atoms with Crippen LogP contribution in [0.4, 0.5) is 0 Å². The van der Waals surface area contributed by atoms with Crippen LogP contribution in [0, 0.1) is 0 Å². The van der Waals surface area contributed by atoms with E-state index in [9.17, 15) is 9.59 Å². The molecule has 2 atom stereocenters. The third-order valence-corrected chi connectivity index (χ3v) is 3.18. The van der Waals surface area contributed by atoms with Crippen molar-refractivity contribution >= 4 is 27.7 Å². The maximum absolute atomic E-state index is 11.4. The summed E-state index contributed by atoms with van der Waals surface area (Å²) in [6.45, 7) is 0. The van der Waals surface area contributed by atoms with Crippen LogP contribution >= 0.6 is 15.9 Å². The Kier molecular flexibility index (Phi) is 2.37. The van der Waals surface area contributed by atoms with E-state index in [0.717, 1.165) is 5.56 Å². The number of amides is 2. The summed E-state index contributed by atoms with van der Waals surface area (Å²) in [6.07, 6.45) is 0. The largest absolute Gasteiger partial charge is 0.295 e. The van der Waals surface area contributed by atoms with Crippen LogP contribution in [0.3, 0.4) is 0 Å². The molecule has 1 aliphatic heterocycles. The van der Waals surface area contributed by atoms with E-state index in [1.54, 1.807) is 0 Å². The SMILES string of the molecule is O=C1NC(=O)[C@H](Br)[C@H]1c1ccccc1. The average Bonchev–Trinajstić information content (AvgIpc) is 2.43. The Bertz CT molecular complexity index is 377. The van der Waals surface area contributed by atoms with Crippen molar-refractivity contribution in [1.82, 2.24) is 5.32 Å². The van der Waals surface area contributed by atoms with Gasteiger partial charge in [0.1, 0.15) is 4.83 Å². The summed E-state index contributed by atoms with van der Waals surface area (Å²) in [6, 6.07) is 9.27. The van der Waals surface area contributed by atoms with Gasteiger partial charge < -0.3 is 0 Å². The van der Waals surface area contributed by atoms with Crippen LogP contribution in [-0.2, 0) is 9.59 Å². The lowest BCUT2D eigenvalue weighted by Gasteiger charge is -2.08. The molecule has 1 N–H and O–H groups in total. The van der Waals surface area contributed by atoms with Gasteiger partial charge in [0.05, 0.1) is 5.92 Å². The summed E-state index contributed by atoms with van der Waals surface area (Å²) < 4.78 is 0. The third-order valence-electron chi connectivity index (χ3n) is 2.23. The van der Waals surface area contributed by atoms with Crippen LogP contribution in [0.1, 0.15) is 11.5 Å². The molecule has 14 heavy (non-hydrogen) atoms. The Morgan fingerprint density at radius 1 is 1.07 bits per heavy atom. The number of carbonyl (C=O) groups excluding carboxylic acids is 2. The van der Waals surface area contributed by atoms with Gasteiger partial charge >= 0.3 is 0 Å². The second kappa shape index (κ2) is 3.53. The van der Waals surface area contributed by atoms with Gasteiger partial charge in [-0.15, -0.1) is 0 Å². The van der Waals surface area contributed by atoms with Crippen molar-refractivity contribution in [2.45, 2.75) is 10.7 Å². The van der Waals surface area contributed by atoms with Crippen molar-refractivity contribution in [3.8, 4) is 0 Å². The van der Waals surface area contributed by atoms with Gasteiger partial charge in [-0.3, -0.25) is 14.9 Å². The maximum atomic E-state index is 11.4. The zero-order valence-electron chi connectivity index (χ0n) is 7.24. The normalized spacial score (nSPS) is 26.4. The molecule has 72 valence electrons. The highest BCUT2D eigenvalue weighted by Crippen LogP contribution is 2.29. The zero-order valence-corrected chi connectivity index (χ0v) is 8.82. The van der Waals surface area contributed by atoms with E-state index in [1.165, 1.54) is 0 Å². The highest BCUT2D eigenvalue weighted by atomic mass is 79.9. The molecule has 0 unspecified atom stereocenters. The number of rotatable bonds is 1. The predicted molar refractivity (Wildman–Crippen MR) is 55.0 cm³/mol. The number of alkyl halides is 1. The smallest absolute Gasteiger partial charge is 0.241 e. The first-order valence-electron chi connectivity index (χ1n) is 4.24. The van der Waals surface area contributed by atoms with Crippen molar-refractivity contribution in [2.24, 2.45) is 0 Å². The molecule has 1 aliphatic rings. The fraction of sp³-hybridized carbons (Fsp3) is 0.200. The molecule has 1 fully saturated rings. The quantitative estimate of drug-likeness (QED) is 0.604. The van der Waals surface area contributed by atoms with Gasteiger partial charge in [0.2, 0.25) is 11.8 Å². The van der Waals surface area contributed by atoms with Gasteiger partial charge in [-0.1, -0.05) is 46.3 Å². The molecular formula is C10H8BrNO2. The van der Waals surface area contributed by atoms with Crippen molar-refractivity contribution in [3.05, 3.63) is 35.9 Å². The lowest BCUT2D eigenvalue weighted by atomic mass is 9.98. The monoisotopic (exact) mass is 253 g/mol. The van der Waals surface area contributed by atoms with Gasteiger partial charge in [-0.2, -0.15) is 0 Å². The van der Waals surface area contributed by atoms with Gasteiger partial charge in [-0.25, -0.2) is 0 Å². The molecule has 3 nitrogen and oxygen atoms in total. The fourth-order valence-electron chi connectivity index (χ4n) is 1.53. The molecule has 1 aromatic carbocycles. The molecule has 2 amide bonds. The molecule has 0 aliphatic carbocycles. The predicted octanol–water partition coefficient (Wildman–Crippen LogP) is 1.19. The lowest BCUT2D eigenvalue weighted by Crippen LogP contribution is -2.22. The Morgan fingerprint density at radius 2 is 1.71 bits per heavy atom. The number of carbonyl (C=O) groups is 2. The number of hydrogen-bond acceptors (Lipinski definition) is 2. The van der Waals surface area contributed by atoms with Crippen LogP contribution in [-0.4, -0.2) is 16.6 Å². The average molecular weight is 254 g/mol. The Balaban J connectivity index is 2.36.